The Balaban J connectivity index is 1.65. The minimum absolute atomic E-state index is 0.141. The van der Waals surface area contributed by atoms with Gasteiger partial charge in [0.1, 0.15) is 0 Å². The average molecular weight is 274 g/mol. The number of hydrogen-bond acceptors (Lipinski definition) is 3. The first-order valence-electron chi connectivity index (χ1n) is 7.00. The van der Waals surface area contributed by atoms with Crippen LogP contribution in [0, 0.1) is 11.8 Å². The molecule has 1 heterocycles. The van der Waals surface area contributed by atoms with Crippen LogP contribution in [0.3, 0.4) is 0 Å². The molecule has 2 N–H and O–H groups in total. The van der Waals surface area contributed by atoms with Crippen LogP contribution in [0.5, 0.6) is 0 Å². The van der Waals surface area contributed by atoms with Crippen LogP contribution in [0.4, 0.5) is 0 Å². The smallest absolute Gasteiger partial charge is 0.0303 e. The highest BCUT2D eigenvalue weighted by Crippen LogP contribution is 2.50. The van der Waals surface area contributed by atoms with Crippen molar-refractivity contribution in [2.24, 2.45) is 17.6 Å². The predicted molar refractivity (Wildman–Crippen MR) is 83.0 cm³/mol. The lowest BCUT2D eigenvalue weighted by Crippen LogP contribution is -2.29. The van der Waals surface area contributed by atoms with E-state index in [1.54, 1.807) is 0 Å². The van der Waals surface area contributed by atoms with Gasteiger partial charge in [-0.05, 0) is 30.2 Å². The lowest BCUT2D eigenvalue weighted by Gasteiger charge is -2.23. The van der Waals surface area contributed by atoms with Crippen LogP contribution in [0.15, 0.2) is 42.6 Å². The fourth-order valence-electron chi connectivity index (χ4n) is 3.69. The molecule has 1 saturated heterocycles. The minimum atomic E-state index is 0.141. The van der Waals surface area contributed by atoms with Crippen molar-refractivity contribution in [2.75, 3.05) is 13.1 Å². The maximum absolute atomic E-state index is 5.88. The summed E-state index contributed by atoms with van der Waals surface area (Å²) in [6.07, 6.45) is 2.24. The summed E-state index contributed by atoms with van der Waals surface area (Å²) in [6.45, 7) is 7.16. The second kappa shape index (κ2) is 4.88. The highest BCUT2D eigenvalue weighted by Gasteiger charge is 2.50. The summed E-state index contributed by atoms with van der Waals surface area (Å²) in [6, 6.07) is 10.7. The van der Waals surface area contributed by atoms with Crippen LogP contribution < -0.4 is 5.73 Å². The maximum atomic E-state index is 5.88. The van der Waals surface area contributed by atoms with Gasteiger partial charge in [-0.15, -0.1) is 0 Å². The third-order valence-corrected chi connectivity index (χ3v) is 5.37. The van der Waals surface area contributed by atoms with Crippen LogP contribution in [0.2, 0.25) is 0 Å². The first-order valence-corrected chi connectivity index (χ1v) is 7.44. The van der Waals surface area contributed by atoms with E-state index in [2.05, 4.69) is 41.8 Å². The summed E-state index contributed by atoms with van der Waals surface area (Å²) >= 11 is 4.98. The fourth-order valence-corrected chi connectivity index (χ4v) is 4.29. The molecule has 1 aromatic rings. The number of nitrogens with two attached hydrogens (primary N) is 1. The zero-order chi connectivity index (χ0) is 13.5. The number of benzene rings is 1. The Morgan fingerprint density at radius 3 is 2.79 bits per heavy atom. The van der Waals surface area contributed by atoms with Crippen molar-refractivity contribution in [1.29, 1.82) is 0 Å². The predicted octanol–water partition coefficient (Wildman–Crippen LogP) is 2.67. The average Bonchev–Trinajstić information content (AvgIpc) is 2.82. The van der Waals surface area contributed by atoms with Gasteiger partial charge in [-0.1, -0.05) is 36.9 Å². The molecule has 0 aromatic heterocycles. The van der Waals surface area contributed by atoms with Gasteiger partial charge in [0.25, 0.3) is 0 Å². The van der Waals surface area contributed by atoms with Crippen LogP contribution in [0.1, 0.15) is 18.4 Å². The van der Waals surface area contributed by atoms with Crippen LogP contribution in [-0.4, -0.2) is 22.7 Å². The SMILES string of the molecule is C=C(N)C1C[C@H]2CN(Cc3ccccc3)C[C@@]2(S)C1. The highest BCUT2D eigenvalue weighted by molar-refractivity contribution is 7.81. The molecule has 1 unspecified atom stereocenters. The Labute approximate surface area is 121 Å². The molecule has 2 fully saturated rings. The van der Waals surface area contributed by atoms with Gasteiger partial charge in [-0.2, -0.15) is 12.6 Å². The van der Waals surface area contributed by atoms with Gasteiger partial charge in [0.2, 0.25) is 0 Å². The molecule has 0 bridgehead atoms. The standard InChI is InChI=1S/C16H22N2S/c1-12(17)14-7-15-10-18(11-16(15,19)8-14)9-13-5-3-2-4-6-13/h2-6,14-15,19H,1,7-11,17H2/t14?,15-,16-/m0/s1. The Kier molecular flexibility index (Phi) is 3.35. The lowest BCUT2D eigenvalue weighted by molar-refractivity contribution is 0.298. The molecule has 0 spiro atoms. The van der Waals surface area contributed by atoms with Crippen molar-refractivity contribution in [2.45, 2.75) is 24.1 Å². The molecule has 2 nitrogen and oxygen atoms in total. The van der Waals surface area contributed by atoms with Crippen LogP contribution in [-0.2, 0) is 6.54 Å². The normalized spacial score (nSPS) is 34.4. The van der Waals surface area contributed by atoms with Gasteiger partial charge in [-0.25, -0.2) is 0 Å². The molecular formula is C16H22N2S. The summed E-state index contributed by atoms with van der Waals surface area (Å²) < 4.78 is 0.141. The molecule has 3 rings (SSSR count). The molecule has 0 radical (unpaired) electrons. The number of rotatable bonds is 3. The molecule has 1 aliphatic heterocycles. The van der Waals surface area contributed by atoms with Gasteiger partial charge >= 0.3 is 0 Å². The molecule has 1 aromatic carbocycles. The third-order valence-electron chi connectivity index (χ3n) is 4.68. The van der Waals surface area contributed by atoms with Crippen molar-refractivity contribution in [3.8, 4) is 0 Å². The van der Waals surface area contributed by atoms with E-state index in [1.165, 1.54) is 5.56 Å². The van der Waals surface area contributed by atoms with Crippen LogP contribution in [0.25, 0.3) is 0 Å². The summed E-state index contributed by atoms with van der Waals surface area (Å²) in [5.74, 6) is 1.13. The van der Waals surface area contributed by atoms with Crippen molar-refractivity contribution < 1.29 is 0 Å². The van der Waals surface area contributed by atoms with Crippen molar-refractivity contribution in [1.82, 2.24) is 4.90 Å². The number of allylic oxidation sites excluding steroid dienone is 1. The summed E-state index contributed by atoms with van der Waals surface area (Å²) in [7, 11) is 0. The molecule has 19 heavy (non-hydrogen) atoms. The second-order valence-electron chi connectivity index (χ2n) is 6.17. The van der Waals surface area contributed by atoms with E-state index >= 15 is 0 Å². The zero-order valence-electron chi connectivity index (χ0n) is 11.3. The number of likely N-dealkylation sites (tertiary alicyclic amines) is 1. The number of thiol groups is 1. The largest absolute Gasteiger partial charge is 0.402 e. The fraction of sp³-hybridized carbons (Fsp3) is 0.500. The quantitative estimate of drug-likeness (QED) is 0.830. The Morgan fingerprint density at radius 2 is 2.16 bits per heavy atom. The molecule has 0 amide bonds. The second-order valence-corrected chi connectivity index (χ2v) is 7.06. The van der Waals surface area contributed by atoms with Gasteiger partial charge in [0.15, 0.2) is 0 Å². The van der Waals surface area contributed by atoms with E-state index in [9.17, 15) is 0 Å². The van der Waals surface area contributed by atoms with Crippen molar-refractivity contribution in [3.63, 3.8) is 0 Å². The van der Waals surface area contributed by atoms with Gasteiger partial charge in [0, 0.05) is 30.1 Å². The summed E-state index contributed by atoms with van der Waals surface area (Å²) in [5, 5.41) is 0. The molecule has 102 valence electrons. The van der Waals surface area contributed by atoms with E-state index in [0.717, 1.165) is 38.2 Å². The topological polar surface area (TPSA) is 29.3 Å². The van der Waals surface area contributed by atoms with Crippen molar-refractivity contribution >= 4 is 12.6 Å². The van der Waals surface area contributed by atoms with Gasteiger partial charge < -0.3 is 5.73 Å². The van der Waals surface area contributed by atoms with Crippen molar-refractivity contribution in [3.05, 3.63) is 48.2 Å². The lowest BCUT2D eigenvalue weighted by atomic mass is 10.00. The number of hydrogen-bond donors (Lipinski definition) is 2. The Bertz CT molecular complexity index is 473. The summed E-state index contributed by atoms with van der Waals surface area (Å²) in [5.41, 5.74) is 8.11. The molecule has 1 saturated carbocycles. The first-order chi connectivity index (χ1) is 9.07. The van der Waals surface area contributed by atoms with Crippen LogP contribution >= 0.6 is 12.6 Å². The molecular weight excluding hydrogens is 252 g/mol. The van der Waals surface area contributed by atoms with Gasteiger partial charge in [-0.3, -0.25) is 4.90 Å². The first kappa shape index (κ1) is 13.1. The minimum Gasteiger partial charge on any atom is -0.402 e. The highest BCUT2D eigenvalue weighted by atomic mass is 32.1. The van der Waals surface area contributed by atoms with E-state index in [1.807, 2.05) is 0 Å². The van der Waals surface area contributed by atoms with E-state index in [-0.39, 0.29) is 4.75 Å². The maximum Gasteiger partial charge on any atom is 0.0303 e. The molecule has 2 aliphatic rings. The summed E-state index contributed by atoms with van der Waals surface area (Å²) in [4.78, 5) is 2.53. The Hall–Kier alpha value is -0.930. The molecule has 3 atom stereocenters. The molecule has 1 aliphatic carbocycles. The van der Waals surface area contributed by atoms with E-state index in [0.29, 0.717) is 11.8 Å². The zero-order valence-corrected chi connectivity index (χ0v) is 12.2. The van der Waals surface area contributed by atoms with E-state index in [4.69, 9.17) is 18.4 Å². The third kappa shape index (κ3) is 2.54. The monoisotopic (exact) mass is 274 g/mol. The number of fused-ring (bicyclic) bond motifs is 1. The number of nitrogens with zero attached hydrogens (tertiary/aromatic N) is 1. The van der Waals surface area contributed by atoms with E-state index < -0.39 is 0 Å². The Morgan fingerprint density at radius 1 is 1.42 bits per heavy atom. The van der Waals surface area contributed by atoms with Gasteiger partial charge in [0.05, 0.1) is 0 Å². The molecule has 3 heteroatoms.